The van der Waals surface area contributed by atoms with Crippen LogP contribution in [0.4, 0.5) is 17.1 Å². The van der Waals surface area contributed by atoms with E-state index in [0.717, 1.165) is 48.9 Å². The van der Waals surface area contributed by atoms with Crippen LogP contribution in [-0.2, 0) is 0 Å². The summed E-state index contributed by atoms with van der Waals surface area (Å²) >= 11 is 0. The number of amides is 2. The number of nitrogens with one attached hydrogen (secondary N) is 2. The van der Waals surface area contributed by atoms with Crippen molar-refractivity contribution in [2.45, 2.75) is 20.8 Å². The maximum atomic E-state index is 13.3. The lowest BCUT2D eigenvalue weighted by atomic mass is 10.1. The molecule has 1 aliphatic heterocycles. The second-order valence-corrected chi connectivity index (χ2v) is 9.75. The molecule has 0 unspecified atom stereocenters. The maximum absolute atomic E-state index is 13.3. The summed E-state index contributed by atoms with van der Waals surface area (Å²) in [5.74, 6) is 0.867. The summed E-state index contributed by atoms with van der Waals surface area (Å²) in [6.45, 7) is 9.76. The first-order valence-electron chi connectivity index (χ1n) is 12.8. The molecule has 2 amide bonds. The number of hydrogen-bond acceptors (Lipinski definition) is 5. The second-order valence-electron chi connectivity index (χ2n) is 9.75. The maximum Gasteiger partial charge on any atom is 0.255 e. The van der Waals surface area contributed by atoms with Gasteiger partial charge < -0.3 is 25.2 Å². The molecule has 4 rings (SSSR count). The van der Waals surface area contributed by atoms with E-state index in [1.807, 2.05) is 55.5 Å². The predicted molar refractivity (Wildman–Crippen MR) is 150 cm³/mol. The number of methoxy groups -OCH3 is 1. The molecule has 0 saturated carbocycles. The summed E-state index contributed by atoms with van der Waals surface area (Å²) in [5.41, 5.74) is 4.63. The van der Waals surface area contributed by atoms with Crippen molar-refractivity contribution < 1.29 is 14.3 Å². The van der Waals surface area contributed by atoms with Crippen LogP contribution in [0.3, 0.4) is 0 Å². The standard InChI is InChI=1S/C30H36N4O3/c1-21(2)20-31-29(35)25-19-23(32-30(36)24-10-6-5-9-22(24)3)13-14-26(25)33-15-17-34(18-16-33)27-11-7-8-12-28(27)37-4/h5-14,19,21H,15-18,20H2,1-4H3,(H,31,35)(H,32,36). The van der Waals surface area contributed by atoms with Gasteiger partial charge in [0.2, 0.25) is 0 Å². The van der Waals surface area contributed by atoms with E-state index in [4.69, 9.17) is 4.74 Å². The summed E-state index contributed by atoms with van der Waals surface area (Å²) in [5, 5.41) is 6.01. The molecule has 194 valence electrons. The Kier molecular flexibility index (Phi) is 8.33. The van der Waals surface area contributed by atoms with Gasteiger partial charge in [-0.2, -0.15) is 0 Å². The van der Waals surface area contributed by atoms with Crippen LogP contribution >= 0.6 is 0 Å². The zero-order valence-corrected chi connectivity index (χ0v) is 22.1. The summed E-state index contributed by atoms with van der Waals surface area (Å²) in [7, 11) is 1.69. The van der Waals surface area contributed by atoms with Crippen molar-refractivity contribution in [3.8, 4) is 5.75 Å². The molecule has 1 heterocycles. The topological polar surface area (TPSA) is 73.9 Å². The lowest BCUT2D eigenvalue weighted by Gasteiger charge is -2.38. The molecule has 0 aromatic heterocycles. The second kappa shape index (κ2) is 11.8. The third-order valence-electron chi connectivity index (χ3n) is 6.61. The van der Waals surface area contributed by atoms with Crippen LogP contribution in [0.2, 0.25) is 0 Å². The molecule has 3 aromatic rings. The molecule has 7 nitrogen and oxygen atoms in total. The van der Waals surface area contributed by atoms with Crippen molar-refractivity contribution in [3.05, 3.63) is 83.4 Å². The normalized spacial score (nSPS) is 13.4. The van der Waals surface area contributed by atoms with Crippen LogP contribution in [0.1, 0.15) is 40.1 Å². The van der Waals surface area contributed by atoms with Crippen molar-refractivity contribution >= 4 is 28.9 Å². The van der Waals surface area contributed by atoms with Crippen molar-refractivity contribution in [2.75, 3.05) is 55.0 Å². The van der Waals surface area contributed by atoms with Gasteiger partial charge in [0.25, 0.3) is 11.8 Å². The molecule has 37 heavy (non-hydrogen) atoms. The number of benzene rings is 3. The molecule has 0 radical (unpaired) electrons. The van der Waals surface area contributed by atoms with E-state index in [0.29, 0.717) is 29.3 Å². The number of carbonyl (C=O) groups is 2. The Morgan fingerprint density at radius 2 is 1.49 bits per heavy atom. The highest BCUT2D eigenvalue weighted by atomic mass is 16.5. The van der Waals surface area contributed by atoms with Crippen LogP contribution in [-0.4, -0.2) is 51.6 Å². The van der Waals surface area contributed by atoms with Gasteiger partial charge >= 0.3 is 0 Å². The third kappa shape index (κ3) is 6.23. The monoisotopic (exact) mass is 500 g/mol. The van der Waals surface area contributed by atoms with Gasteiger partial charge in [-0.1, -0.05) is 44.2 Å². The largest absolute Gasteiger partial charge is 0.495 e. The first-order chi connectivity index (χ1) is 17.9. The number of hydrogen-bond donors (Lipinski definition) is 2. The molecule has 0 atom stereocenters. The fourth-order valence-corrected chi connectivity index (χ4v) is 4.57. The summed E-state index contributed by atoms with van der Waals surface area (Å²) < 4.78 is 5.55. The average molecular weight is 501 g/mol. The number of nitrogens with zero attached hydrogens (tertiary/aromatic N) is 2. The van der Waals surface area contributed by atoms with Crippen molar-refractivity contribution in [1.29, 1.82) is 0 Å². The van der Waals surface area contributed by atoms with E-state index in [1.165, 1.54) is 0 Å². The van der Waals surface area contributed by atoms with E-state index in [-0.39, 0.29) is 11.8 Å². The Balaban J connectivity index is 1.55. The Bertz CT molecular complexity index is 1250. The fourth-order valence-electron chi connectivity index (χ4n) is 4.57. The lowest BCUT2D eigenvalue weighted by molar-refractivity contribution is 0.0948. The van der Waals surface area contributed by atoms with E-state index in [9.17, 15) is 9.59 Å². The van der Waals surface area contributed by atoms with Gasteiger partial charge in [-0.15, -0.1) is 0 Å². The van der Waals surface area contributed by atoms with Crippen LogP contribution in [0, 0.1) is 12.8 Å². The first kappa shape index (κ1) is 26.1. The number of rotatable bonds is 8. The number of carbonyl (C=O) groups excluding carboxylic acids is 2. The number of aryl methyl sites for hydroxylation is 1. The smallest absolute Gasteiger partial charge is 0.255 e. The molecule has 2 N–H and O–H groups in total. The molecule has 1 aliphatic rings. The molecule has 1 saturated heterocycles. The van der Waals surface area contributed by atoms with Crippen LogP contribution in [0.5, 0.6) is 5.75 Å². The Hall–Kier alpha value is -4.00. The molecule has 0 bridgehead atoms. The fraction of sp³-hybridized carbons (Fsp3) is 0.333. The highest BCUT2D eigenvalue weighted by Crippen LogP contribution is 2.31. The predicted octanol–water partition coefficient (Wildman–Crippen LogP) is 4.97. The average Bonchev–Trinajstić information content (AvgIpc) is 2.92. The van der Waals surface area contributed by atoms with Crippen molar-refractivity contribution in [1.82, 2.24) is 5.32 Å². The molecular formula is C30H36N4O3. The van der Waals surface area contributed by atoms with Gasteiger partial charge in [0, 0.05) is 49.7 Å². The van der Waals surface area contributed by atoms with E-state index in [2.05, 4.69) is 40.3 Å². The Morgan fingerprint density at radius 3 is 2.16 bits per heavy atom. The van der Waals surface area contributed by atoms with Crippen molar-refractivity contribution in [2.24, 2.45) is 5.92 Å². The quantitative estimate of drug-likeness (QED) is 0.457. The minimum atomic E-state index is -0.190. The minimum absolute atomic E-state index is 0.136. The van der Waals surface area contributed by atoms with Crippen LogP contribution in [0.25, 0.3) is 0 Å². The Labute approximate surface area is 219 Å². The van der Waals surface area contributed by atoms with Crippen molar-refractivity contribution in [3.63, 3.8) is 0 Å². The molecule has 0 spiro atoms. The van der Waals surface area contributed by atoms with Crippen LogP contribution < -0.4 is 25.2 Å². The van der Waals surface area contributed by atoms with E-state index >= 15 is 0 Å². The molecule has 1 fully saturated rings. The molecule has 0 aliphatic carbocycles. The van der Waals surface area contributed by atoms with Gasteiger partial charge in [0.15, 0.2) is 0 Å². The minimum Gasteiger partial charge on any atom is -0.495 e. The highest BCUT2D eigenvalue weighted by Gasteiger charge is 2.24. The number of anilines is 3. The van der Waals surface area contributed by atoms with Gasteiger partial charge in [0.1, 0.15) is 5.75 Å². The summed E-state index contributed by atoms with van der Waals surface area (Å²) in [6, 6.07) is 21.1. The summed E-state index contributed by atoms with van der Waals surface area (Å²) in [6.07, 6.45) is 0. The van der Waals surface area contributed by atoms with Gasteiger partial charge in [-0.25, -0.2) is 0 Å². The number of ether oxygens (including phenoxy) is 1. The van der Waals surface area contributed by atoms with E-state index in [1.54, 1.807) is 19.2 Å². The third-order valence-corrected chi connectivity index (χ3v) is 6.61. The Morgan fingerprint density at radius 1 is 0.838 bits per heavy atom. The lowest BCUT2D eigenvalue weighted by Crippen LogP contribution is -2.47. The van der Waals surface area contributed by atoms with Gasteiger partial charge in [-0.05, 0) is 54.8 Å². The summed E-state index contributed by atoms with van der Waals surface area (Å²) in [4.78, 5) is 30.7. The molecule has 3 aromatic carbocycles. The zero-order valence-electron chi connectivity index (χ0n) is 22.1. The first-order valence-corrected chi connectivity index (χ1v) is 12.8. The van der Waals surface area contributed by atoms with Gasteiger partial charge in [0.05, 0.1) is 18.4 Å². The van der Waals surface area contributed by atoms with Crippen LogP contribution in [0.15, 0.2) is 66.7 Å². The zero-order chi connectivity index (χ0) is 26.4. The van der Waals surface area contributed by atoms with E-state index < -0.39 is 0 Å². The van der Waals surface area contributed by atoms with Gasteiger partial charge in [-0.3, -0.25) is 9.59 Å². The molecule has 7 heteroatoms. The molecular weight excluding hydrogens is 464 g/mol. The highest BCUT2D eigenvalue weighted by molar-refractivity contribution is 6.07. The number of para-hydroxylation sites is 2. The number of piperazine rings is 1. The SMILES string of the molecule is COc1ccccc1N1CCN(c2ccc(NC(=O)c3ccccc3C)cc2C(=O)NCC(C)C)CC1.